The average molecular weight is 336 g/mol. The van der Waals surface area contributed by atoms with Gasteiger partial charge >= 0.3 is 0 Å². The normalized spacial score (nSPS) is 22.7. The number of hydrogen-bond acceptors (Lipinski definition) is 4. The van der Waals surface area contributed by atoms with E-state index in [1.807, 2.05) is 11.6 Å². The molecule has 1 aromatic heterocycles. The molecule has 130 valence electrons. The molecule has 1 N–H and O–H groups in total. The number of allylic oxidation sites excluding steroid dienone is 2. The summed E-state index contributed by atoms with van der Waals surface area (Å²) in [5.41, 5.74) is 4.26. The van der Waals surface area contributed by atoms with E-state index in [9.17, 15) is 4.79 Å². The average Bonchev–Trinajstić information content (AvgIpc) is 2.92. The second-order valence-electron chi connectivity index (χ2n) is 7.60. The number of rotatable bonds is 2. The number of fused-ring (bicyclic) bond motifs is 1. The van der Waals surface area contributed by atoms with E-state index in [1.165, 1.54) is 5.56 Å². The summed E-state index contributed by atoms with van der Waals surface area (Å²) in [6.45, 7) is 8.38. The van der Waals surface area contributed by atoms with Crippen molar-refractivity contribution in [2.75, 3.05) is 5.32 Å². The van der Waals surface area contributed by atoms with Crippen molar-refractivity contribution in [3.05, 3.63) is 52.5 Å². The molecule has 25 heavy (non-hydrogen) atoms. The van der Waals surface area contributed by atoms with E-state index >= 15 is 0 Å². The van der Waals surface area contributed by atoms with Crippen molar-refractivity contribution in [1.82, 2.24) is 14.8 Å². The van der Waals surface area contributed by atoms with Crippen molar-refractivity contribution < 1.29 is 4.79 Å². The van der Waals surface area contributed by atoms with Crippen LogP contribution in [0.15, 0.2) is 35.5 Å². The molecule has 0 spiro atoms. The van der Waals surface area contributed by atoms with Crippen molar-refractivity contribution in [3.63, 3.8) is 0 Å². The van der Waals surface area contributed by atoms with Crippen LogP contribution >= 0.6 is 0 Å². The molecule has 1 aliphatic carbocycles. The second-order valence-corrected chi connectivity index (χ2v) is 7.60. The third kappa shape index (κ3) is 2.68. The lowest BCUT2D eigenvalue weighted by Gasteiger charge is -2.34. The number of carbonyl (C=O) groups is 1. The molecule has 0 saturated heterocycles. The molecule has 0 radical (unpaired) electrons. The van der Waals surface area contributed by atoms with Crippen molar-refractivity contribution in [2.45, 2.75) is 52.5 Å². The van der Waals surface area contributed by atoms with Gasteiger partial charge < -0.3 is 5.32 Å². The molecular formula is C20H24N4O. The number of nitrogens with one attached hydrogen (secondary N) is 1. The highest BCUT2D eigenvalue weighted by Crippen LogP contribution is 2.41. The maximum atomic E-state index is 12.9. The fourth-order valence-corrected chi connectivity index (χ4v) is 3.88. The molecule has 2 heterocycles. The van der Waals surface area contributed by atoms with E-state index in [-0.39, 0.29) is 11.8 Å². The van der Waals surface area contributed by atoms with Crippen LogP contribution in [0.1, 0.15) is 62.5 Å². The zero-order chi connectivity index (χ0) is 17.7. The second kappa shape index (κ2) is 5.83. The number of aromatic nitrogens is 3. The number of anilines is 1. The molecular weight excluding hydrogens is 312 g/mol. The van der Waals surface area contributed by atoms with Crippen molar-refractivity contribution >= 4 is 11.7 Å². The zero-order valence-electron chi connectivity index (χ0n) is 15.2. The number of benzene rings is 1. The summed E-state index contributed by atoms with van der Waals surface area (Å²) in [7, 11) is 0. The van der Waals surface area contributed by atoms with Gasteiger partial charge in [0.2, 0.25) is 5.95 Å². The topological polar surface area (TPSA) is 59.8 Å². The Morgan fingerprint density at radius 1 is 1.20 bits per heavy atom. The van der Waals surface area contributed by atoms with Crippen LogP contribution in [-0.4, -0.2) is 20.5 Å². The lowest BCUT2D eigenvalue weighted by Crippen LogP contribution is -2.33. The third-order valence-electron chi connectivity index (χ3n) is 5.15. The summed E-state index contributed by atoms with van der Waals surface area (Å²) < 4.78 is 1.87. The van der Waals surface area contributed by atoms with Crippen LogP contribution in [0.25, 0.3) is 0 Å². The molecule has 0 fully saturated rings. The first kappa shape index (κ1) is 16.1. The Morgan fingerprint density at radius 2 is 1.92 bits per heavy atom. The van der Waals surface area contributed by atoms with Crippen molar-refractivity contribution in [3.8, 4) is 0 Å². The lowest BCUT2D eigenvalue weighted by molar-refractivity contribution is -0.117. The number of Topliss-reactive ketones (excluding diaryl/α,β-unsaturated/α-hetero) is 1. The molecule has 0 amide bonds. The van der Waals surface area contributed by atoms with Gasteiger partial charge in [-0.2, -0.15) is 10.1 Å². The summed E-state index contributed by atoms with van der Waals surface area (Å²) in [6, 6.07) is 8.38. The number of nitrogens with zero attached hydrogens (tertiary/aromatic N) is 3. The van der Waals surface area contributed by atoms with Gasteiger partial charge in [0.15, 0.2) is 5.78 Å². The van der Waals surface area contributed by atoms with Crippen LogP contribution in [0, 0.1) is 12.8 Å². The van der Waals surface area contributed by atoms with Gasteiger partial charge in [-0.15, -0.1) is 0 Å². The van der Waals surface area contributed by atoms with Gasteiger partial charge in [-0.3, -0.25) is 4.79 Å². The molecule has 1 aromatic carbocycles. The monoisotopic (exact) mass is 336 g/mol. The molecule has 0 bridgehead atoms. The standard InChI is InChI=1S/C20H24N4O/c1-11(2)14-5-7-15(8-6-14)19-18-16(9-12(3)10-17(18)25)22-20-21-13(4)23-24(19)20/h5-8,11-12,19H,9-10H2,1-4H3,(H,21,22,23)/t12-,19+/m1/s1. The summed E-state index contributed by atoms with van der Waals surface area (Å²) in [5.74, 6) is 2.51. The summed E-state index contributed by atoms with van der Waals surface area (Å²) in [6.07, 6.45) is 1.48. The van der Waals surface area contributed by atoms with Gasteiger partial charge in [0.25, 0.3) is 0 Å². The van der Waals surface area contributed by atoms with Gasteiger partial charge in [-0.05, 0) is 36.3 Å². The predicted molar refractivity (Wildman–Crippen MR) is 97.5 cm³/mol. The minimum Gasteiger partial charge on any atom is -0.328 e. The Morgan fingerprint density at radius 3 is 2.60 bits per heavy atom. The van der Waals surface area contributed by atoms with E-state index in [1.54, 1.807) is 0 Å². The first-order valence-electron chi connectivity index (χ1n) is 9.00. The first-order chi connectivity index (χ1) is 11.9. The van der Waals surface area contributed by atoms with Crippen LogP contribution in [0.5, 0.6) is 0 Å². The van der Waals surface area contributed by atoms with Crippen LogP contribution < -0.4 is 5.32 Å². The quantitative estimate of drug-likeness (QED) is 0.901. The molecule has 0 unspecified atom stereocenters. The van der Waals surface area contributed by atoms with E-state index in [2.05, 4.69) is 60.4 Å². The molecule has 0 saturated carbocycles. The smallest absolute Gasteiger partial charge is 0.226 e. The van der Waals surface area contributed by atoms with Crippen LogP contribution in [0.2, 0.25) is 0 Å². The van der Waals surface area contributed by atoms with Crippen LogP contribution in [0.3, 0.4) is 0 Å². The molecule has 2 atom stereocenters. The Bertz CT molecular complexity index is 860. The van der Waals surface area contributed by atoms with E-state index in [0.717, 1.165) is 29.2 Å². The van der Waals surface area contributed by atoms with Crippen LogP contribution in [0.4, 0.5) is 5.95 Å². The zero-order valence-corrected chi connectivity index (χ0v) is 15.2. The molecule has 1 aliphatic heterocycles. The molecule has 4 rings (SSSR count). The third-order valence-corrected chi connectivity index (χ3v) is 5.15. The number of hydrogen-bond donors (Lipinski definition) is 1. The Hall–Kier alpha value is -2.43. The highest BCUT2D eigenvalue weighted by molar-refractivity contribution is 5.99. The minimum absolute atomic E-state index is 0.186. The first-order valence-corrected chi connectivity index (χ1v) is 9.00. The summed E-state index contributed by atoms with van der Waals surface area (Å²) in [5, 5.41) is 7.93. The number of aryl methyl sites for hydroxylation is 1. The maximum absolute atomic E-state index is 12.9. The highest BCUT2D eigenvalue weighted by atomic mass is 16.1. The minimum atomic E-state index is -0.186. The molecule has 5 nitrogen and oxygen atoms in total. The molecule has 5 heteroatoms. The molecule has 2 aliphatic rings. The number of ketones is 1. The van der Waals surface area contributed by atoms with E-state index in [4.69, 9.17) is 0 Å². The van der Waals surface area contributed by atoms with Gasteiger partial charge in [0.1, 0.15) is 11.9 Å². The van der Waals surface area contributed by atoms with E-state index in [0.29, 0.717) is 24.1 Å². The largest absolute Gasteiger partial charge is 0.328 e. The fraction of sp³-hybridized carbons (Fsp3) is 0.450. The maximum Gasteiger partial charge on any atom is 0.226 e. The van der Waals surface area contributed by atoms with Gasteiger partial charge in [0.05, 0.1) is 0 Å². The van der Waals surface area contributed by atoms with Gasteiger partial charge in [-0.25, -0.2) is 4.68 Å². The van der Waals surface area contributed by atoms with Gasteiger partial charge in [0, 0.05) is 17.7 Å². The summed E-state index contributed by atoms with van der Waals surface area (Å²) >= 11 is 0. The Labute approximate surface area is 148 Å². The predicted octanol–water partition coefficient (Wildman–Crippen LogP) is 3.98. The van der Waals surface area contributed by atoms with E-state index < -0.39 is 0 Å². The Balaban J connectivity index is 1.85. The van der Waals surface area contributed by atoms with Gasteiger partial charge in [-0.1, -0.05) is 45.0 Å². The van der Waals surface area contributed by atoms with Crippen molar-refractivity contribution in [1.29, 1.82) is 0 Å². The fourth-order valence-electron chi connectivity index (χ4n) is 3.88. The summed E-state index contributed by atoms with van der Waals surface area (Å²) in [4.78, 5) is 17.4. The molecule has 2 aromatic rings. The Kier molecular flexibility index (Phi) is 3.74. The van der Waals surface area contributed by atoms with Crippen molar-refractivity contribution in [2.24, 2.45) is 5.92 Å². The SMILES string of the molecule is Cc1nc2n(n1)[C@@H](c1ccc(C(C)C)cc1)C1=C(C[C@@H](C)CC1=O)N2. The van der Waals surface area contributed by atoms with Crippen LogP contribution in [-0.2, 0) is 4.79 Å². The highest BCUT2D eigenvalue weighted by Gasteiger charge is 2.38. The lowest BCUT2D eigenvalue weighted by atomic mass is 9.81. The number of carbonyl (C=O) groups excluding carboxylic acids is 1.